The fraction of sp³-hybridized carbons (Fsp3) is 0.308. The molecule has 2 aromatic carbocycles. The van der Waals surface area contributed by atoms with Gasteiger partial charge in [0.15, 0.2) is 5.69 Å². The number of nitrogens with zero attached hydrogens (tertiary/aromatic N) is 1. The molecular formula is C26H27N3O5S. The fourth-order valence-corrected chi connectivity index (χ4v) is 5.04. The number of ether oxygens (including phenoxy) is 1. The number of hydrogen-bond acceptors (Lipinski definition) is 6. The molecule has 1 unspecified atom stereocenters. The van der Waals surface area contributed by atoms with Gasteiger partial charge >= 0.3 is 12.1 Å². The van der Waals surface area contributed by atoms with Crippen molar-refractivity contribution in [2.75, 3.05) is 13.2 Å². The molecule has 35 heavy (non-hydrogen) atoms. The number of aromatic carboxylic acids is 1. The first-order chi connectivity index (χ1) is 17.0. The Balaban J connectivity index is 1.29. The van der Waals surface area contributed by atoms with Crippen molar-refractivity contribution in [1.29, 1.82) is 0 Å². The Kier molecular flexibility index (Phi) is 7.77. The lowest BCUT2D eigenvalue weighted by molar-refractivity contribution is -0.125. The number of amides is 2. The Morgan fingerprint density at radius 1 is 1.06 bits per heavy atom. The lowest BCUT2D eigenvalue weighted by Crippen LogP contribution is -2.39. The summed E-state index contributed by atoms with van der Waals surface area (Å²) in [5.41, 5.74) is 4.55. The summed E-state index contributed by atoms with van der Waals surface area (Å²) in [5.74, 6) is -1.79. The molecule has 1 aliphatic rings. The maximum absolute atomic E-state index is 12.7. The Bertz CT molecular complexity index is 1180. The molecule has 1 atom stereocenters. The van der Waals surface area contributed by atoms with Gasteiger partial charge in [0.2, 0.25) is 5.91 Å². The molecule has 1 aromatic heterocycles. The van der Waals surface area contributed by atoms with Crippen LogP contribution in [-0.2, 0) is 16.1 Å². The van der Waals surface area contributed by atoms with Gasteiger partial charge in [0.1, 0.15) is 11.6 Å². The zero-order valence-corrected chi connectivity index (χ0v) is 20.1. The van der Waals surface area contributed by atoms with Gasteiger partial charge in [-0.25, -0.2) is 14.6 Å². The first-order valence-electron chi connectivity index (χ1n) is 11.5. The second-order valence-corrected chi connectivity index (χ2v) is 9.28. The minimum Gasteiger partial charge on any atom is -0.476 e. The second kappa shape index (κ2) is 11.1. The molecule has 8 nitrogen and oxygen atoms in total. The molecule has 1 heterocycles. The second-order valence-electron chi connectivity index (χ2n) is 8.34. The van der Waals surface area contributed by atoms with Crippen molar-refractivity contribution in [3.8, 4) is 11.1 Å². The standard InChI is InChI=1S/C26H27N3O5S/c1-2-7-16(24(30)27-13-23-29-22(15-35-23)25(31)32)12-28-26(33)34-14-21-19-10-5-3-8-17(19)18-9-4-6-11-20(18)21/h3-6,8-11,15-16,21H,2,7,12-14H2,1H3,(H,27,30)(H,28,33)(H,31,32). The number of aromatic nitrogens is 1. The molecule has 0 spiro atoms. The number of fused-ring (bicyclic) bond motifs is 3. The van der Waals surface area contributed by atoms with E-state index in [0.717, 1.165) is 28.7 Å². The highest BCUT2D eigenvalue weighted by Gasteiger charge is 2.29. The molecule has 3 N–H and O–H groups in total. The van der Waals surface area contributed by atoms with Crippen LogP contribution < -0.4 is 10.6 Å². The minimum atomic E-state index is -1.10. The minimum absolute atomic E-state index is 0.0307. The van der Waals surface area contributed by atoms with Crippen molar-refractivity contribution in [3.63, 3.8) is 0 Å². The van der Waals surface area contributed by atoms with E-state index in [-0.39, 0.29) is 37.2 Å². The third kappa shape index (κ3) is 5.68. The predicted molar refractivity (Wildman–Crippen MR) is 132 cm³/mol. The van der Waals surface area contributed by atoms with Crippen molar-refractivity contribution in [2.24, 2.45) is 5.92 Å². The number of hydrogen-bond donors (Lipinski definition) is 3. The predicted octanol–water partition coefficient (Wildman–Crippen LogP) is 4.41. The van der Waals surface area contributed by atoms with Gasteiger partial charge in [-0.2, -0.15) is 0 Å². The van der Waals surface area contributed by atoms with Gasteiger partial charge in [-0.1, -0.05) is 61.9 Å². The number of nitrogens with one attached hydrogen (secondary N) is 2. The number of carboxylic acid groups (broad SMARTS) is 1. The van der Waals surface area contributed by atoms with E-state index in [0.29, 0.717) is 11.4 Å². The van der Waals surface area contributed by atoms with Crippen LogP contribution in [0.1, 0.15) is 52.3 Å². The number of carbonyl (C=O) groups excluding carboxylic acids is 2. The zero-order valence-electron chi connectivity index (χ0n) is 19.3. The molecule has 0 bridgehead atoms. The molecule has 2 amide bonds. The van der Waals surface area contributed by atoms with Crippen molar-refractivity contribution in [1.82, 2.24) is 15.6 Å². The number of rotatable bonds is 10. The van der Waals surface area contributed by atoms with Crippen LogP contribution in [0.4, 0.5) is 4.79 Å². The number of thiazole rings is 1. The first-order valence-corrected chi connectivity index (χ1v) is 12.4. The van der Waals surface area contributed by atoms with Crippen LogP contribution in [-0.4, -0.2) is 41.2 Å². The van der Waals surface area contributed by atoms with Gasteiger partial charge in [0, 0.05) is 17.8 Å². The largest absolute Gasteiger partial charge is 0.476 e. The van der Waals surface area contributed by atoms with Gasteiger partial charge in [-0.15, -0.1) is 11.3 Å². The summed E-state index contributed by atoms with van der Waals surface area (Å²) in [6.45, 7) is 2.46. The maximum Gasteiger partial charge on any atom is 0.407 e. The highest BCUT2D eigenvalue weighted by atomic mass is 32.1. The summed E-state index contributed by atoms with van der Waals surface area (Å²) in [7, 11) is 0. The highest BCUT2D eigenvalue weighted by molar-refractivity contribution is 7.09. The molecule has 0 saturated heterocycles. The van der Waals surface area contributed by atoms with Gasteiger partial charge in [-0.3, -0.25) is 4.79 Å². The van der Waals surface area contributed by atoms with Crippen molar-refractivity contribution >= 4 is 29.3 Å². The van der Waals surface area contributed by atoms with E-state index in [9.17, 15) is 14.4 Å². The lowest BCUT2D eigenvalue weighted by atomic mass is 9.98. The Labute approximate surface area is 207 Å². The molecule has 0 saturated carbocycles. The number of carboxylic acids is 1. The monoisotopic (exact) mass is 493 g/mol. The van der Waals surface area contributed by atoms with Crippen molar-refractivity contribution < 1.29 is 24.2 Å². The molecule has 4 rings (SSSR count). The first kappa shape index (κ1) is 24.4. The SMILES string of the molecule is CCCC(CNC(=O)OCC1c2ccccc2-c2ccccc21)C(=O)NCc1nc(C(=O)O)cs1. The maximum atomic E-state index is 12.7. The normalized spacial score (nSPS) is 12.9. The molecular weight excluding hydrogens is 466 g/mol. The quantitative estimate of drug-likeness (QED) is 0.385. The number of carbonyl (C=O) groups is 3. The zero-order chi connectivity index (χ0) is 24.8. The summed E-state index contributed by atoms with van der Waals surface area (Å²) < 4.78 is 5.56. The van der Waals surface area contributed by atoms with Gasteiger partial charge < -0.3 is 20.5 Å². The van der Waals surface area contributed by atoms with E-state index < -0.39 is 18.0 Å². The summed E-state index contributed by atoms with van der Waals surface area (Å²) in [6, 6.07) is 16.3. The molecule has 9 heteroatoms. The molecule has 1 aliphatic carbocycles. The van der Waals surface area contributed by atoms with E-state index in [2.05, 4.69) is 39.9 Å². The van der Waals surface area contributed by atoms with Crippen LogP contribution in [0.2, 0.25) is 0 Å². The van der Waals surface area contributed by atoms with Crippen LogP contribution in [0.25, 0.3) is 11.1 Å². The van der Waals surface area contributed by atoms with Crippen LogP contribution in [0.3, 0.4) is 0 Å². The van der Waals surface area contributed by atoms with Crippen LogP contribution in [0.15, 0.2) is 53.9 Å². The Hall–Kier alpha value is -3.72. The van der Waals surface area contributed by atoms with E-state index >= 15 is 0 Å². The van der Waals surface area contributed by atoms with E-state index in [1.54, 1.807) is 0 Å². The average molecular weight is 494 g/mol. The fourth-order valence-electron chi connectivity index (χ4n) is 4.33. The Morgan fingerprint density at radius 2 is 1.71 bits per heavy atom. The van der Waals surface area contributed by atoms with Crippen LogP contribution in [0.5, 0.6) is 0 Å². The third-order valence-corrected chi connectivity index (χ3v) is 6.88. The molecule has 182 valence electrons. The van der Waals surface area contributed by atoms with Gasteiger partial charge in [0.25, 0.3) is 0 Å². The average Bonchev–Trinajstić information content (AvgIpc) is 3.47. The summed E-state index contributed by atoms with van der Waals surface area (Å²) >= 11 is 1.18. The topological polar surface area (TPSA) is 118 Å². The van der Waals surface area contributed by atoms with E-state index in [1.807, 2.05) is 31.2 Å². The van der Waals surface area contributed by atoms with E-state index in [1.165, 1.54) is 16.7 Å². The van der Waals surface area contributed by atoms with Crippen LogP contribution in [0, 0.1) is 5.92 Å². The molecule has 3 aromatic rings. The van der Waals surface area contributed by atoms with Crippen molar-refractivity contribution in [2.45, 2.75) is 32.2 Å². The smallest absolute Gasteiger partial charge is 0.407 e. The number of alkyl carbamates (subject to hydrolysis) is 1. The van der Waals surface area contributed by atoms with Gasteiger partial charge in [0.05, 0.1) is 12.5 Å². The Morgan fingerprint density at radius 3 is 2.31 bits per heavy atom. The van der Waals surface area contributed by atoms with E-state index in [4.69, 9.17) is 9.84 Å². The van der Waals surface area contributed by atoms with Crippen molar-refractivity contribution in [3.05, 3.63) is 75.7 Å². The number of benzene rings is 2. The molecule has 0 aliphatic heterocycles. The van der Waals surface area contributed by atoms with Gasteiger partial charge in [-0.05, 0) is 28.7 Å². The molecule has 0 fully saturated rings. The third-order valence-electron chi connectivity index (χ3n) is 6.03. The highest BCUT2D eigenvalue weighted by Crippen LogP contribution is 2.44. The molecule has 0 radical (unpaired) electrons. The summed E-state index contributed by atoms with van der Waals surface area (Å²) in [6.07, 6.45) is 0.797. The summed E-state index contributed by atoms with van der Waals surface area (Å²) in [5, 5.41) is 16.4. The summed E-state index contributed by atoms with van der Waals surface area (Å²) in [4.78, 5) is 40.1. The lowest BCUT2D eigenvalue weighted by Gasteiger charge is -2.18. The van der Waals surface area contributed by atoms with Crippen LogP contribution >= 0.6 is 11.3 Å².